The van der Waals surface area contributed by atoms with Crippen LogP contribution >= 0.6 is 0 Å². The van der Waals surface area contributed by atoms with E-state index in [0.29, 0.717) is 0 Å². The molecule has 0 heterocycles. The van der Waals surface area contributed by atoms with E-state index in [2.05, 4.69) is 243 Å². The maximum absolute atomic E-state index is 2.44. The first-order valence-corrected chi connectivity index (χ1v) is 22.2. The van der Waals surface area contributed by atoms with Crippen LogP contribution in [0.3, 0.4) is 0 Å². The van der Waals surface area contributed by atoms with Gasteiger partial charge in [-0.15, -0.1) is 0 Å². The van der Waals surface area contributed by atoms with Crippen LogP contribution in [0.2, 0.25) is 0 Å². The van der Waals surface area contributed by atoms with E-state index < -0.39 is 0 Å². The number of fused-ring (bicyclic) bond motifs is 7. The summed E-state index contributed by atoms with van der Waals surface area (Å²) in [6.45, 7) is 0. The zero-order valence-corrected chi connectivity index (χ0v) is 35.1. The van der Waals surface area contributed by atoms with Gasteiger partial charge in [0.2, 0.25) is 0 Å². The molecule has 0 aliphatic heterocycles. The molecule has 0 amide bonds. The summed E-state index contributed by atoms with van der Waals surface area (Å²) < 4.78 is 0. The maximum Gasteiger partial charge on any atom is -0.00201 e. The summed E-state index contributed by atoms with van der Waals surface area (Å²) in [4.78, 5) is 0. The van der Waals surface area contributed by atoms with Crippen LogP contribution in [0.25, 0.3) is 131 Å². The summed E-state index contributed by atoms with van der Waals surface area (Å²) in [5.41, 5.74) is 12.4. The van der Waals surface area contributed by atoms with E-state index in [1.165, 1.54) is 131 Å². The normalized spacial score (nSPS) is 11.8. The van der Waals surface area contributed by atoms with Gasteiger partial charge in [-0.2, -0.15) is 0 Å². The van der Waals surface area contributed by atoms with Crippen LogP contribution in [-0.4, -0.2) is 0 Å². The molecule has 296 valence electrons. The molecule has 0 heteroatoms. The molecule has 0 radical (unpaired) electrons. The van der Waals surface area contributed by atoms with E-state index in [1.54, 1.807) is 0 Å². The largest absolute Gasteiger partial charge is 0.0616 e. The van der Waals surface area contributed by atoms with Crippen LogP contribution in [0, 0.1) is 0 Å². The molecule has 0 spiro atoms. The summed E-state index contributed by atoms with van der Waals surface area (Å²) in [5.74, 6) is 0. The Bertz CT molecular complexity index is 3940. The molecular weight excluding hydrogens is 769 g/mol. The Hall–Kier alpha value is -8.32. The predicted molar refractivity (Wildman–Crippen MR) is 276 cm³/mol. The van der Waals surface area contributed by atoms with Crippen LogP contribution in [0.5, 0.6) is 0 Å². The van der Waals surface area contributed by atoms with Gasteiger partial charge in [0.15, 0.2) is 0 Å². The maximum atomic E-state index is 2.44. The molecule has 64 heavy (non-hydrogen) atoms. The topological polar surface area (TPSA) is 0 Å². The van der Waals surface area contributed by atoms with E-state index in [4.69, 9.17) is 0 Å². The molecule has 0 aromatic heterocycles. The van der Waals surface area contributed by atoms with Crippen molar-refractivity contribution in [2.45, 2.75) is 0 Å². The number of benzene rings is 13. The van der Waals surface area contributed by atoms with Crippen LogP contribution in [0.1, 0.15) is 0 Å². The van der Waals surface area contributed by atoms with Gasteiger partial charge in [0, 0.05) is 0 Å². The second kappa shape index (κ2) is 14.7. The van der Waals surface area contributed by atoms with Crippen molar-refractivity contribution in [3.8, 4) is 55.6 Å². The second-order valence-corrected chi connectivity index (χ2v) is 17.1. The summed E-state index contributed by atoms with van der Waals surface area (Å²) in [6, 6.07) is 90.0. The minimum Gasteiger partial charge on any atom is -0.0616 e. The number of hydrogen-bond acceptors (Lipinski definition) is 0. The third-order valence-electron chi connectivity index (χ3n) is 13.6. The highest BCUT2D eigenvalue weighted by Crippen LogP contribution is 2.48. The molecule has 0 N–H and O–H groups in total. The molecule has 13 rings (SSSR count). The van der Waals surface area contributed by atoms with Gasteiger partial charge >= 0.3 is 0 Å². The lowest BCUT2D eigenvalue weighted by molar-refractivity contribution is 1.62. The van der Waals surface area contributed by atoms with Crippen molar-refractivity contribution in [2.75, 3.05) is 0 Å². The van der Waals surface area contributed by atoms with Gasteiger partial charge in [-0.1, -0.05) is 224 Å². The first-order valence-electron chi connectivity index (χ1n) is 22.2. The van der Waals surface area contributed by atoms with Crippen LogP contribution in [0.15, 0.2) is 243 Å². The standard InChI is InChI=1S/C64H40/c1-3-17-46-38-49(34-30-41(46)14-1)62-53-21-7-8-22-54(53)63(50-35-31-42-15-2-4-18-47(42)39-50)60-40-48(36-37-59(60)62)43-28-32-45(33-29-43)61-55-23-9-11-25-57(55)64(58-26-12-10-24-56(58)61)52-27-13-19-44-16-5-6-20-51(44)52/h1-40H. The van der Waals surface area contributed by atoms with E-state index in [0.717, 1.165) is 0 Å². The van der Waals surface area contributed by atoms with Crippen LogP contribution in [0.4, 0.5) is 0 Å². The molecule has 0 bridgehead atoms. The molecule has 0 atom stereocenters. The fourth-order valence-corrected chi connectivity index (χ4v) is 10.7. The molecule has 13 aromatic carbocycles. The molecule has 0 aliphatic carbocycles. The fraction of sp³-hybridized carbons (Fsp3) is 0. The van der Waals surface area contributed by atoms with Crippen molar-refractivity contribution in [1.82, 2.24) is 0 Å². The molecule has 13 aromatic rings. The molecule has 0 aliphatic rings. The first-order chi connectivity index (χ1) is 31.7. The van der Waals surface area contributed by atoms with Crippen molar-refractivity contribution in [3.63, 3.8) is 0 Å². The SMILES string of the molecule is c1ccc2cc(-c3c4ccccc4c(-c4ccc5ccccc5c4)c4cc(-c5ccc(-c6c7ccccc7c(-c7cccc8ccccc78)c7ccccc67)cc5)ccc34)ccc2c1. The third-order valence-corrected chi connectivity index (χ3v) is 13.6. The quantitative estimate of drug-likeness (QED) is 0.152. The van der Waals surface area contributed by atoms with Crippen molar-refractivity contribution < 1.29 is 0 Å². The summed E-state index contributed by atoms with van der Waals surface area (Å²) in [6.07, 6.45) is 0. The summed E-state index contributed by atoms with van der Waals surface area (Å²) >= 11 is 0. The molecule has 0 unspecified atom stereocenters. The molecule has 0 nitrogen and oxygen atoms in total. The Morgan fingerprint density at radius 1 is 0.156 bits per heavy atom. The monoisotopic (exact) mass is 808 g/mol. The van der Waals surface area contributed by atoms with E-state index in [-0.39, 0.29) is 0 Å². The Kier molecular flexibility index (Phi) is 8.32. The Morgan fingerprint density at radius 3 is 1.06 bits per heavy atom. The Labute approximate surface area is 371 Å². The lowest BCUT2D eigenvalue weighted by atomic mass is 9.83. The highest BCUT2D eigenvalue weighted by molar-refractivity contribution is 6.25. The minimum atomic E-state index is 1.19. The average molecular weight is 809 g/mol. The highest BCUT2D eigenvalue weighted by atomic mass is 14.2. The fourth-order valence-electron chi connectivity index (χ4n) is 10.7. The zero-order valence-electron chi connectivity index (χ0n) is 35.1. The average Bonchev–Trinajstić information content (AvgIpc) is 3.36. The van der Waals surface area contributed by atoms with Crippen molar-refractivity contribution >= 4 is 75.4 Å². The van der Waals surface area contributed by atoms with Crippen molar-refractivity contribution in [3.05, 3.63) is 243 Å². The lowest BCUT2D eigenvalue weighted by Crippen LogP contribution is -1.92. The van der Waals surface area contributed by atoms with Crippen molar-refractivity contribution in [2.24, 2.45) is 0 Å². The van der Waals surface area contributed by atoms with Crippen molar-refractivity contribution in [1.29, 1.82) is 0 Å². The third kappa shape index (κ3) is 5.77. The Morgan fingerprint density at radius 2 is 0.516 bits per heavy atom. The van der Waals surface area contributed by atoms with E-state index in [1.807, 2.05) is 0 Å². The van der Waals surface area contributed by atoms with Gasteiger partial charge in [-0.25, -0.2) is 0 Å². The summed E-state index contributed by atoms with van der Waals surface area (Å²) in [5, 5.41) is 17.6. The number of rotatable bonds is 5. The number of hydrogen-bond donors (Lipinski definition) is 0. The lowest BCUT2D eigenvalue weighted by Gasteiger charge is -2.20. The summed E-state index contributed by atoms with van der Waals surface area (Å²) in [7, 11) is 0. The van der Waals surface area contributed by atoms with Gasteiger partial charge < -0.3 is 0 Å². The van der Waals surface area contributed by atoms with Gasteiger partial charge in [-0.3, -0.25) is 0 Å². The molecule has 0 saturated carbocycles. The molecule has 0 fully saturated rings. The first kappa shape index (κ1) is 36.3. The Balaban J connectivity index is 1.01. The minimum absolute atomic E-state index is 1.19. The van der Waals surface area contributed by atoms with Gasteiger partial charge in [0.25, 0.3) is 0 Å². The highest BCUT2D eigenvalue weighted by Gasteiger charge is 2.20. The molecule has 0 saturated heterocycles. The van der Waals surface area contributed by atoms with Gasteiger partial charge in [-0.05, 0) is 149 Å². The van der Waals surface area contributed by atoms with E-state index >= 15 is 0 Å². The van der Waals surface area contributed by atoms with Gasteiger partial charge in [0.1, 0.15) is 0 Å². The zero-order chi connectivity index (χ0) is 42.1. The van der Waals surface area contributed by atoms with Crippen LogP contribution < -0.4 is 0 Å². The smallest absolute Gasteiger partial charge is 0.00201 e. The molecular formula is C64H40. The van der Waals surface area contributed by atoms with Gasteiger partial charge in [0.05, 0.1) is 0 Å². The van der Waals surface area contributed by atoms with Crippen LogP contribution in [-0.2, 0) is 0 Å². The van der Waals surface area contributed by atoms with E-state index in [9.17, 15) is 0 Å². The predicted octanol–water partition coefficient (Wildman–Crippen LogP) is 18.1. The second-order valence-electron chi connectivity index (χ2n) is 17.1.